The van der Waals surface area contributed by atoms with Crippen molar-refractivity contribution in [2.75, 3.05) is 13.2 Å². The zero-order valence-corrected chi connectivity index (χ0v) is 14.2. The second-order valence-corrected chi connectivity index (χ2v) is 7.63. The highest BCUT2D eigenvalue weighted by molar-refractivity contribution is 7.89. The summed E-state index contributed by atoms with van der Waals surface area (Å²) < 4.78 is 39.1. The third kappa shape index (κ3) is 3.31. The fraction of sp³-hybridized carbons (Fsp3) is 0.158. The van der Waals surface area contributed by atoms with Crippen molar-refractivity contribution in [3.05, 3.63) is 66.7 Å². The molecule has 0 amide bonds. The minimum atomic E-state index is -3.61. The summed E-state index contributed by atoms with van der Waals surface area (Å²) in [5, 5.41) is 1.89. The van der Waals surface area contributed by atoms with Gasteiger partial charge in [0.1, 0.15) is 12.7 Å². The maximum Gasteiger partial charge on any atom is 0.240 e. The van der Waals surface area contributed by atoms with Gasteiger partial charge in [-0.2, -0.15) is 0 Å². The van der Waals surface area contributed by atoms with Crippen LogP contribution in [0.1, 0.15) is 0 Å². The van der Waals surface area contributed by atoms with Crippen LogP contribution in [0.3, 0.4) is 0 Å². The number of sulfonamides is 1. The lowest BCUT2D eigenvalue weighted by Gasteiger charge is -2.26. The normalized spacial score (nSPS) is 16.7. The second-order valence-electron chi connectivity index (χ2n) is 5.86. The Balaban J connectivity index is 1.48. The van der Waals surface area contributed by atoms with Gasteiger partial charge in [0, 0.05) is 0 Å². The Kier molecular flexibility index (Phi) is 4.07. The van der Waals surface area contributed by atoms with Crippen molar-refractivity contribution in [3.63, 3.8) is 0 Å². The van der Waals surface area contributed by atoms with Gasteiger partial charge in [0.2, 0.25) is 10.0 Å². The molecule has 1 atom stereocenters. The Morgan fingerprint density at radius 1 is 0.920 bits per heavy atom. The van der Waals surface area contributed by atoms with E-state index < -0.39 is 10.0 Å². The van der Waals surface area contributed by atoms with Crippen molar-refractivity contribution in [2.45, 2.75) is 11.0 Å². The summed E-state index contributed by atoms with van der Waals surface area (Å²) in [4.78, 5) is 0.239. The summed E-state index contributed by atoms with van der Waals surface area (Å²) in [5.74, 6) is 1.31. The van der Waals surface area contributed by atoms with Gasteiger partial charge in [0.15, 0.2) is 11.5 Å². The third-order valence-electron chi connectivity index (χ3n) is 4.10. The van der Waals surface area contributed by atoms with E-state index in [4.69, 9.17) is 9.47 Å². The van der Waals surface area contributed by atoms with E-state index in [-0.39, 0.29) is 17.5 Å². The topological polar surface area (TPSA) is 64.6 Å². The van der Waals surface area contributed by atoms with E-state index in [1.807, 2.05) is 42.5 Å². The van der Waals surface area contributed by atoms with E-state index in [1.54, 1.807) is 24.3 Å². The molecule has 6 heteroatoms. The molecule has 0 radical (unpaired) electrons. The van der Waals surface area contributed by atoms with Crippen LogP contribution in [-0.2, 0) is 10.0 Å². The van der Waals surface area contributed by atoms with Gasteiger partial charge in [0.25, 0.3) is 0 Å². The standard InChI is InChI=1S/C19H17NO4S/c21-25(22,17-10-9-14-5-1-2-6-15(14)11-17)20-12-16-13-23-18-7-3-4-8-19(18)24-16/h1-11,16,20H,12-13H2/t16-/m1/s1. The van der Waals surface area contributed by atoms with Crippen LogP contribution in [0.2, 0.25) is 0 Å². The molecule has 3 aromatic carbocycles. The van der Waals surface area contributed by atoms with Gasteiger partial charge in [-0.1, -0.05) is 42.5 Å². The Morgan fingerprint density at radius 3 is 2.48 bits per heavy atom. The van der Waals surface area contributed by atoms with Crippen molar-refractivity contribution in [1.29, 1.82) is 0 Å². The number of nitrogens with one attached hydrogen (secondary N) is 1. The molecule has 4 rings (SSSR count). The Morgan fingerprint density at radius 2 is 1.64 bits per heavy atom. The fourth-order valence-electron chi connectivity index (χ4n) is 2.78. The number of hydrogen-bond donors (Lipinski definition) is 1. The molecule has 0 bridgehead atoms. The molecule has 0 saturated carbocycles. The monoisotopic (exact) mass is 355 g/mol. The van der Waals surface area contributed by atoms with Crippen molar-refractivity contribution >= 4 is 20.8 Å². The molecule has 0 saturated heterocycles. The quantitative estimate of drug-likeness (QED) is 0.781. The number of hydrogen-bond acceptors (Lipinski definition) is 4. The average molecular weight is 355 g/mol. The Bertz CT molecular complexity index is 1020. The first-order valence-electron chi connectivity index (χ1n) is 7.99. The van der Waals surface area contributed by atoms with Crippen LogP contribution in [0.15, 0.2) is 71.6 Å². The fourth-order valence-corrected chi connectivity index (χ4v) is 3.89. The van der Waals surface area contributed by atoms with Crippen LogP contribution in [0, 0.1) is 0 Å². The van der Waals surface area contributed by atoms with Crippen LogP contribution in [0.4, 0.5) is 0 Å². The summed E-state index contributed by atoms with van der Waals surface area (Å²) in [6.07, 6.45) is -0.370. The second kappa shape index (κ2) is 6.38. The van der Waals surface area contributed by atoms with Gasteiger partial charge < -0.3 is 9.47 Å². The van der Waals surface area contributed by atoms with Gasteiger partial charge in [0.05, 0.1) is 11.4 Å². The molecule has 128 valence electrons. The summed E-state index contributed by atoms with van der Waals surface area (Å²) >= 11 is 0. The van der Waals surface area contributed by atoms with Gasteiger partial charge in [-0.05, 0) is 35.0 Å². The highest BCUT2D eigenvalue weighted by Crippen LogP contribution is 2.30. The highest BCUT2D eigenvalue weighted by Gasteiger charge is 2.23. The molecular weight excluding hydrogens is 338 g/mol. The van der Waals surface area contributed by atoms with Crippen LogP contribution >= 0.6 is 0 Å². The molecule has 5 nitrogen and oxygen atoms in total. The minimum absolute atomic E-state index is 0.142. The molecular formula is C19H17NO4S. The van der Waals surface area contributed by atoms with E-state index in [0.29, 0.717) is 18.1 Å². The summed E-state index contributed by atoms with van der Waals surface area (Å²) in [7, 11) is -3.61. The van der Waals surface area contributed by atoms with E-state index in [1.165, 1.54) is 0 Å². The zero-order chi connectivity index (χ0) is 17.3. The molecule has 1 N–H and O–H groups in total. The van der Waals surface area contributed by atoms with Gasteiger partial charge >= 0.3 is 0 Å². The predicted molar refractivity (Wildman–Crippen MR) is 95.5 cm³/mol. The molecule has 1 aliphatic rings. The molecule has 0 aliphatic carbocycles. The van der Waals surface area contributed by atoms with Crippen molar-refractivity contribution in [2.24, 2.45) is 0 Å². The molecule has 0 unspecified atom stereocenters. The zero-order valence-electron chi connectivity index (χ0n) is 13.4. The summed E-state index contributed by atoms with van der Waals surface area (Å²) in [5.41, 5.74) is 0. The lowest BCUT2D eigenvalue weighted by molar-refractivity contribution is 0.0943. The molecule has 1 heterocycles. The number of para-hydroxylation sites is 2. The van der Waals surface area contributed by atoms with Crippen LogP contribution < -0.4 is 14.2 Å². The summed E-state index contributed by atoms with van der Waals surface area (Å²) in [6, 6.07) is 20.1. The molecule has 3 aromatic rings. The highest BCUT2D eigenvalue weighted by atomic mass is 32.2. The van der Waals surface area contributed by atoms with E-state index in [2.05, 4.69) is 4.72 Å². The largest absolute Gasteiger partial charge is 0.486 e. The first-order chi connectivity index (χ1) is 12.1. The first-order valence-corrected chi connectivity index (χ1v) is 9.47. The van der Waals surface area contributed by atoms with Crippen molar-refractivity contribution in [1.82, 2.24) is 4.72 Å². The maximum atomic E-state index is 12.6. The third-order valence-corrected chi connectivity index (χ3v) is 5.52. The van der Waals surface area contributed by atoms with Gasteiger partial charge in [-0.25, -0.2) is 13.1 Å². The van der Waals surface area contributed by atoms with Crippen molar-refractivity contribution in [3.8, 4) is 11.5 Å². The lowest BCUT2D eigenvalue weighted by Crippen LogP contribution is -2.40. The number of benzene rings is 3. The van der Waals surface area contributed by atoms with Crippen LogP contribution in [-0.4, -0.2) is 27.7 Å². The maximum absolute atomic E-state index is 12.6. The Hall–Kier alpha value is -2.57. The van der Waals surface area contributed by atoms with Gasteiger partial charge in [-0.15, -0.1) is 0 Å². The predicted octanol–water partition coefficient (Wildman–Crippen LogP) is 2.96. The summed E-state index contributed by atoms with van der Waals surface area (Å²) in [6.45, 7) is 0.445. The molecule has 0 fully saturated rings. The number of fused-ring (bicyclic) bond motifs is 2. The van der Waals surface area contributed by atoms with Crippen LogP contribution in [0.5, 0.6) is 11.5 Å². The average Bonchev–Trinajstić information content (AvgIpc) is 2.66. The van der Waals surface area contributed by atoms with E-state index >= 15 is 0 Å². The van der Waals surface area contributed by atoms with Crippen LogP contribution in [0.25, 0.3) is 10.8 Å². The number of ether oxygens (including phenoxy) is 2. The number of rotatable bonds is 4. The Labute approximate surface area is 146 Å². The molecule has 25 heavy (non-hydrogen) atoms. The lowest BCUT2D eigenvalue weighted by atomic mass is 10.1. The SMILES string of the molecule is O=S(=O)(NC[C@@H]1COc2ccccc2O1)c1ccc2ccccc2c1. The van der Waals surface area contributed by atoms with E-state index in [9.17, 15) is 8.42 Å². The smallest absolute Gasteiger partial charge is 0.240 e. The molecule has 1 aliphatic heterocycles. The molecule has 0 spiro atoms. The minimum Gasteiger partial charge on any atom is -0.486 e. The first kappa shape index (κ1) is 15.9. The molecule has 0 aromatic heterocycles. The van der Waals surface area contributed by atoms with Gasteiger partial charge in [-0.3, -0.25) is 0 Å². The van der Waals surface area contributed by atoms with Crippen molar-refractivity contribution < 1.29 is 17.9 Å². The van der Waals surface area contributed by atoms with E-state index in [0.717, 1.165) is 10.8 Å².